The van der Waals surface area contributed by atoms with Crippen LogP contribution in [0.1, 0.15) is 259 Å². The van der Waals surface area contributed by atoms with Gasteiger partial charge in [0.15, 0.2) is 0 Å². The standard InChI is InChI=1S/C10H20O.C9H18O.C9H12O.C9H18O.2C8H17NO.3C7H15NO.C6H14O.C5H12O/c1-3-7-10(11-2)8-5-4-6-9-10;2*1-3-8-4-6-9(10-2)7-5-8;1-3-8-6-4-5-7-9(8)10-2;1-9-5-3-4-8(6-9)7-10-2;1-9-6-4-3-5-8(9)7-10-2;1-8-5-3-7(9-2)4-6-8;1-8-5-3-4-7(8)6-9-2;1-8-5-3-4-7(6-8)9-2;1-4-5-6(2)7-3;1-3-4-5-6-2/h3-9H2,1-2H3;8-9H,3-7H2,1-2H3;4-7H,3H2,1-2H3;8-9H,3-7H2,1-2H3;2*8H,3-7H2,1-2H3;3*7H,3-6H2,1-2H3;6H,4-5H2,1-3H3;3-5H2,1-2H3. The monoisotopic (exact) mass is 1440 g/mol. The number of likely N-dealkylation sites (tertiary alicyclic amines) is 5. The normalized spacial score (nSPS) is 25.0. The highest BCUT2D eigenvalue weighted by atomic mass is 16.5. The highest BCUT2D eigenvalue weighted by Crippen LogP contribution is 2.35. The van der Waals surface area contributed by atoms with Crippen LogP contribution >= 0.6 is 0 Å². The van der Waals surface area contributed by atoms with Crippen molar-refractivity contribution < 1.29 is 52.1 Å². The molecule has 101 heavy (non-hydrogen) atoms. The first-order valence-corrected chi connectivity index (χ1v) is 41.1. The number of methoxy groups -OCH3 is 11. The lowest BCUT2D eigenvalue weighted by Gasteiger charge is -2.35. The van der Waals surface area contributed by atoms with E-state index in [0.717, 1.165) is 62.9 Å². The van der Waals surface area contributed by atoms with Crippen LogP contribution in [-0.4, -0.2) is 265 Å². The highest BCUT2D eigenvalue weighted by Gasteiger charge is 2.30. The van der Waals surface area contributed by atoms with E-state index < -0.39 is 0 Å². The molecule has 7 atom stereocenters. The maximum absolute atomic E-state index is 5.62. The summed E-state index contributed by atoms with van der Waals surface area (Å²) in [6.07, 6.45) is 45.5. The lowest BCUT2D eigenvalue weighted by Crippen LogP contribution is -2.39. The zero-order valence-corrected chi connectivity index (χ0v) is 71.1. The van der Waals surface area contributed by atoms with Crippen LogP contribution in [0.3, 0.4) is 0 Å². The second kappa shape index (κ2) is 70.1. The fourth-order valence-corrected chi connectivity index (χ4v) is 14.7. The Morgan fingerprint density at radius 2 is 0.970 bits per heavy atom. The van der Waals surface area contributed by atoms with Crippen molar-refractivity contribution in [2.24, 2.45) is 17.8 Å². The number of rotatable bonds is 23. The Kier molecular flexibility index (Phi) is 70.4. The van der Waals surface area contributed by atoms with Crippen LogP contribution in [0, 0.1) is 17.8 Å². The molecule has 604 valence electrons. The molecule has 9 rings (SSSR count). The molecule has 0 radical (unpaired) electrons. The van der Waals surface area contributed by atoms with Crippen LogP contribution in [0.5, 0.6) is 5.75 Å². The Bertz CT molecular complexity index is 1760. The highest BCUT2D eigenvalue weighted by molar-refractivity contribution is 5.26. The number of hydrogen-bond donors (Lipinski definition) is 0. The quantitative estimate of drug-likeness (QED) is 0.0967. The first kappa shape index (κ1) is 101. The molecule has 16 nitrogen and oxygen atoms in total. The van der Waals surface area contributed by atoms with Gasteiger partial charge in [0, 0.05) is 116 Å². The Morgan fingerprint density at radius 3 is 1.38 bits per heavy atom. The van der Waals surface area contributed by atoms with Gasteiger partial charge < -0.3 is 76.6 Å². The fourth-order valence-electron chi connectivity index (χ4n) is 14.7. The zero-order valence-electron chi connectivity index (χ0n) is 71.1. The van der Waals surface area contributed by atoms with Crippen molar-refractivity contribution in [2.45, 2.75) is 309 Å². The summed E-state index contributed by atoms with van der Waals surface area (Å²) in [4.78, 5) is 11.8. The third kappa shape index (κ3) is 53.8. The Morgan fingerprint density at radius 1 is 0.436 bits per heavy atom. The molecule has 0 amide bonds. The van der Waals surface area contributed by atoms with Crippen molar-refractivity contribution in [1.82, 2.24) is 24.5 Å². The summed E-state index contributed by atoms with van der Waals surface area (Å²) in [7, 11) is 30.5. The van der Waals surface area contributed by atoms with Crippen molar-refractivity contribution in [3.63, 3.8) is 0 Å². The minimum atomic E-state index is 0.271. The van der Waals surface area contributed by atoms with Gasteiger partial charge in [-0.3, -0.25) is 0 Å². The van der Waals surface area contributed by atoms with E-state index in [0.29, 0.717) is 42.6 Å². The summed E-state index contributed by atoms with van der Waals surface area (Å²) >= 11 is 0. The topological polar surface area (TPSA) is 118 Å². The smallest absolute Gasteiger partial charge is 0.118 e. The second-order valence-corrected chi connectivity index (χ2v) is 30.1. The minimum Gasteiger partial charge on any atom is -0.497 e. The van der Waals surface area contributed by atoms with E-state index in [1.807, 2.05) is 33.5 Å². The minimum absolute atomic E-state index is 0.271. The summed E-state index contributed by atoms with van der Waals surface area (Å²) in [6.45, 7) is 28.7. The van der Waals surface area contributed by atoms with Crippen LogP contribution in [0.15, 0.2) is 24.3 Å². The number of unbranched alkanes of at least 4 members (excludes halogenated alkanes) is 1. The van der Waals surface area contributed by atoms with Crippen LogP contribution < -0.4 is 4.74 Å². The van der Waals surface area contributed by atoms with Crippen molar-refractivity contribution in [3.8, 4) is 5.75 Å². The average Bonchev–Trinajstić information content (AvgIpc) is 1.37. The maximum atomic E-state index is 5.62. The van der Waals surface area contributed by atoms with Gasteiger partial charge in [-0.15, -0.1) is 0 Å². The van der Waals surface area contributed by atoms with E-state index in [4.69, 9.17) is 52.1 Å². The van der Waals surface area contributed by atoms with Crippen molar-refractivity contribution in [2.75, 3.05) is 192 Å². The molecule has 1 aromatic rings. The summed E-state index contributed by atoms with van der Waals surface area (Å²) in [5.74, 6) is 3.55. The van der Waals surface area contributed by atoms with Crippen LogP contribution in [0.4, 0.5) is 0 Å². The molecule has 5 aliphatic heterocycles. The number of likely N-dealkylation sites (N-methyl/N-ethyl adjacent to an activating group) is 3. The molecule has 0 spiro atoms. The van der Waals surface area contributed by atoms with Gasteiger partial charge in [-0.25, -0.2) is 0 Å². The number of ether oxygens (including phenoxy) is 11. The van der Waals surface area contributed by atoms with E-state index in [-0.39, 0.29) is 5.60 Å². The Labute approximate surface area is 627 Å². The van der Waals surface area contributed by atoms with Gasteiger partial charge >= 0.3 is 0 Å². The van der Waals surface area contributed by atoms with E-state index in [2.05, 4.69) is 120 Å². The third-order valence-corrected chi connectivity index (χ3v) is 22.0. The largest absolute Gasteiger partial charge is 0.497 e. The number of hydrogen-bond acceptors (Lipinski definition) is 16. The van der Waals surface area contributed by atoms with Gasteiger partial charge in [0.1, 0.15) is 5.75 Å². The van der Waals surface area contributed by atoms with Crippen molar-refractivity contribution in [1.29, 1.82) is 0 Å². The summed E-state index contributed by atoms with van der Waals surface area (Å²) < 4.78 is 56.8. The number of piperidine rings is 4. The van der Waals surface area contributed by atoms with Gasteiger partial charge in [0.05, 0.1) is 63.1 Å². The number of benzene rings is 1. The average molecular weight is 1440 g/mol. The maximum Gasteiger partial charge on any atom is 0.118 e. The van der Waals surface area contributed by atoms with E-state index in [1.165, 1.54) is 257 Å². The summed E-state index contributed by atoms with van der Waals surface area (Å²) in [6, 6.07) is 9.50. The molecule has 8 fully saturated rings. The number of aryl methyl sites for hydroxylation is 1. The molecule has 3 aliphatic carbocycles. The van der Waals surface area contributed by atoms with Crippen molar-refractivity contribution in [3.05, 3.63) is 29.8 Å². The molecule has 1 aromatic carbocycles. The third-order valence-electron chi connectivity index (χ3n) is 22.0. The summed E-state index contributed by atoms with van der Waals surface area (Å²) in [5, 5.41) is 0. The summed E-state index contributed by atoms with van der Waals surface area (Å²) in [5.41, 5.74) is 1.62. The van der Waals surface area contributed by atoms with Gasteiger partial charge in [-0.2, -0.15) is 0 Å². The predicted octanol–water partition coefficient (Wildman–Crippen LogP) is 18.1. The Balaban J connectivity index is 0. The zero-order chi connectivity index (χ0) is 75.7. The van der Waals surface area contributed by atoms with Crippen LogP contribution in [0.25, 0.3) is 0 Å². The van der Waals surface area contributed by atoms with E-state index in [9.17, 15) is 0 Å². The molecule has 7 unspecified atom stereocenters. The molecule has 5 saturated heterocycles. The van der Waals surface area contributed by atoms with Gasteiger partial charge in [-0.05, 0) is 245 Å². The SMILES string of the molecule is CCC1CCC(OC)CC1.CCC1CCCCC1OC.CCCC(C)OC.CCCC1(OC)CCCCC1.CCCCOC.CCc1ccc(OC)cc1.COC1CCCN(C)C1.COC1CCN(C)CC1.COCC1CCCCN1C.COCC1CCCN(C)C1.COCC1CCCN1C. The van der Waals surface area contributed by atoms with Gasteiger partial charge in [-0.1, -0.05) is 124 Å². The lowest BCUT2D eigenvalue weighted by atomic mass is 9.81. The van der Waals surface area contributed by atoms with E-state index in [1.54, 1.807) is 56.9 Å². The molecule has 0 aromatic heterocycles. The fraction of sp³-hybridized carbons (Fsp3) is 0.929. The van der Waals surface area contributed by atoms with Gasteiger partial charge in [0.25, 0.3) is 0 Å². The molecule has 3 saturated carbocycles. The predicted molar refractivity (Wildman–Crippen MR) is 431 cm³/mol. The first-order chi connectivity index (χ1) is 48.8. The molecule has 8 aliphatic rings. The molecule has 0 N–H and O–H groups in total. The first-order valence-electron chi connectivity index (χ1n) is 41.1. The lowest BCUT2D eigenvalue weighted by molar-refractivity contribution is -0.0458. The molecular weight excluding hydrogens is 1270 g/mol. The molecular formula is C85H173N5O11. The van der Waals surface area contributed by atoms with Gasteiger partial charge in [0.2, 0.25) is 0 Å². The van der Waals surface area contributed by atoms with E-state index >= 15 is 0 Å². The van der Waals surface area contributed by atoms with Crippen molar-refractivity contribution >= 4 is 0 Å². The van der Waals surface area contributed by atoms with Crippen LogP contribution in [-0.2, 0) is 53.8 Å². The molecule has 5 heterocycles. The van der Waals surface area contributed by atoms with Crippen LogP contribution in [0.2, 0.25) is 0 Å². The Hall–Kier alpha value is -1.58. The molecule has 0 bridgehead atoms. The molecule has 16 heteroatoms. The second-order valence-electron chi connectivity index (χ2n) is 30.1. The number of nitrogens with zero attached hydrogens (tertiary/aromatic N) is 5.